The molecule has 0 spiro atoms. The van der Waals surface area contributed by atoms with Crippen molar-refractivity contribution in [2.75, 3.05) is 6.54 Å². The molecule has 8 nitrogen and oxygen atoms in total. The molecular weight excluding hydrogens is 377 g/mol. The molecule has 0 unspecified atom stereocenters. The first kappa shape index (κ1) is 18.9. The van der Waals surface area contributed by atoms with Gasteiger partial charge in [0.15, 0.2) is 5.84 Å². The van der Waals surface area contributed by atoms with E-state index in [2.05, 4.69) is 15.1 Å². The standard InChI is InChI=1S/C20H20FN5O3/c1-11-6-16(23-8-11)18(22)25-29-20(28)13-3-5-14-4-2-12-9-24-17(21)7-15(12)19(27)26(14)10-13/h2,4,6-9,13-14,23H,3,5,10H2,1H3,(H2,22,25)/t13-,14-/m1/s1. The summed E-state index contributed by atoms with van der Waals surface area (Å²) in [6.07, 6.45) is 7.87. The number of pyridine rings is 1. The molecule has 2 aromatic heterocycles. The smallest absolute Gasteiger partial charge is 0.339 e. The van der Waals surface area contributed by atoms with E-state index in [1.54, 1.807) is 23.2 Å². The van der Waals surface area contributed by atoms with Crippen LogP contribution in [-0.2, 0) is 9.63 Å². The van der Waals surface area contributed by atoms with E-state index in [-0.39, 0.29) is 29.9 Å². The van der Waals surface area contributed by atoms with Gasteiger partial charge >= 0.3 is 5.97 Å². The lowest BCUT2D eigenvalue weighted by atomic mass is 9.92. The molecule has 0 bridgehead atoms. The van der Waals surface area contributed by atoms with E-state index < -0.39 is 17.8 Å². The number of halogens is 1. The van der Waals surface area contributed by atoms with Crippen molar-refractivity contribution in [1.82, 2.24) is 14.9 Å². The van der Waals surface area contributed by atoms with Crippen LogP contribution < -0.4 is 5.73 Å². The van der Waals surface area contributed by atoms with Crippen LogP contribution in [0.5, 0.6) is 0 Å². The number of piperidine rings is 1. The maximum Gasteiger partial charge on any atom is 0.339 e. The topological polar surface area (TPSA) is 114 Å². The molecule has 1 saturated heterocycles. The third kappa shape index (κ3) is 3.75. The Labute approximate surface area is 166 Å². The van der Waals surface area contributed by atoms with Crippen LogP contribution in [0, 0.1) is 18.8 Å². The summed E-state index contributed by atoms with van der Waals surface area (Å²) < 4.78 is 13.5. The lowest BCUT2D eigenvalue weighted by Gasteiger charge is -2.36. The average Bonchev–Trinajstić information content (AvgIpc) is 3.11. The quantitative estimate of drug-likeness (QED) is 0.270. The van der Waals surface area contributed by atoms with E-state index >= 15 is 0 Å². The summed E-state index contributed by atoms with van der Waals surface area (Å²) in [5, 5.41) is 3.71. The van der Waals surface area contributed by atoms with Crippen molar-refractivity contribution >= 4 is 23.8 Å². The van der Waals surface area contributed by atoms with Crippen molar-refractivity contribution in [3.8, 4) is 0 Å². The first-order valence-corrected chi connectivity index (χ1v) is 9.27. The highest BCUT2D eigenvalue weighted by molar-refractivity contribution is 5.99. The average molecular weight is 397 g/mol. The predicted octanol–water partition coefficient (Wildman–Crippen LogP) is 1.97. The van der Waals surface area contributed by atoms with Crippen molar-refractivity contribution < 1.29 is 18.8 Å². The minimum absolute atomic E-state index is 0.0609. The fraction of sp³-hybridized carbons (Fsp3) is 0.300. The molecule has 1 fully saturated rings. The number of aromatic nitrogens is 2. The van der Waals surface area contributed by atoms with Gasteiger partial charge in [-0.05, 0) is 31.4 Å². The number of oxime groups is 1. The lowest BCUT2D eigenvalue weighted by molar-refractivity contribution is -0.150. The lowest BCUT2D eigenvalue weighted by Crippen LogP contribution is -2.47. The Bertz CT molecular complexity index is 1030. The normalized spacial score (nSPS) is 21.4. The molecule has 0 aromatic carbocycles. The first-order chi connectivity index (χ1) is 13.9. The van der Waals surface area contributed by atoms with Gasteiger partial charge in [-0.2, -0.15) is 4.39 Å². The maximum atomic E-state index is 13.5. The van der Waals surface area contributed by atoms with Crippen LogP contribution in [0.2, 0.25) is 0 Å². The number of hydrogen-bond acceptors (Lipinski definition) is 5. The Morgan fingerprint density at radius 3 is 3.00 bits per heavy atom. The summed E-state index contributed by atoms with van der Waals surface area (Å²) in [4.78, 5) is 38.5. The third-order valence-corrected chi connectivity index (χ3v) is 5.19. The van der Waals surface area contributed by atoms with E-state index in [1.165, 1.54) is 6.20 Å². The van der Waals surface area contributed by atoms with Crippen LogP contribution in [-0.4, -0.2) is 45.2 Å². The second-order valence-corrected chi connectivity index (χ2v) is 7.23. The molecule has 1 amide bonds. The molecule has 150 valence electrons. The van der Waals surface area contributed by atoms with Gasteiger partial charge < -0.3 is 20.5 Å². The second-order valence-electron chi connectivity index (χ2n) is 7.23. The van der Waals surface area contributed by atoms with Gasteiger partial charge in [-0.1, -0.05) is 17.3 Å². The fourth-order valence-corrected chi connectivity index (χ4v) is 3.61. The van der Waals surface area contributed by atoms with Crippen molar-refractivity contribution in [2.45, 2.75) is 25.8 Å². The summed E-state index contributed by atoms with van der Waals surface area (Å²) in [5.41, 5.74) is 8.15. The number of fused-ring (bicyclic) bond motifs is 2. The van der Waals surface area contributed by atoms with Gasteiger partial charge in [0.25, 0.3) is 5.91 Å². The number of amidine groups is 1. The number of carbonyl (C=O) groups is 2. The zero-order valence-corrected chi connectivity index (χ0v) is 15.8. The van der Waals surface area contributed by atoms with Gasteiger partial charge in [0, 0.05) is 30.6 Å². The molecule has 0 radical (unpaired) electrons. The highest BCUT2D eigenvalue weighted by atomic mass is 19.1. The van der Waals surface area contributed by atoms with Gasteiger partial charge in [-0.15, -0.1) is 0 Å². The van der Waals surface area contributed by atoms with Gasteiger partial charge in [0.05, 0.1) is 23.2 Å². The molecule has 2 aliphatic rings. The summed E-state index contributed by atoms with van der Waals surface area (Å²) in [7, 11) is 0. The highest BCUT2D eigenvalue weighted by Gasteiger charge is 2.37. The Kier molecular flexibility index (Phi) is 4.87. The highest BCUT2D eigenvalue weighted by Crippen LogP contribution is 2.29. The monoisotopic (exact) mass is 397 g/mol. The number of hydrogen-bond donors (Lipinski definition) is 2. The number of rotatable bonds is 3. The van der Waals surface area contributed by atoms with Crippen molar-refractivity contribution in [2.24, 2.45) is 16.8 Å². The minimum atomic E-state index is -0.721. The number of aromatic amines is 1. The summed E-state index contributed by atoms with van der Waals surface area (Å²) >= 11 is 0. The SMILES string of the molecule is Cc1c[nH]c(/C(N)=N/OC(=O)[C@@H]2CC[C@H]3C=Cc4cnc(F)cc4C(=O)N3C2)c1. The number of amides is 1. The number of nitrogens with one attached hydrogen (secondary N) is 1. The van der Waals surface area contributed by atoms with Crippen LogP contribution in [0.3, 0.4) is 0 Å². The van der Waals surface area contributed by atoms with E-state index in [0.717, 1.165) is 11.6 Å². The number of nitrogens with zero attached hydrogens (tertiary/aromatic N) is 3. The molecule has 9 heteroatoms. The van der Waals surface area contributed by atoms with Crippen LogP contribution in [0.25, 0.3) is 6.08 Å². The van der Waals surface area contributed by atoms with Gasteiger partial charge in [-0.3, -0.25) is 4.79 Å². The number of nitrogens with two attached hydrogens (primary N) is 1. The summed E-state index contributed by atoms with van der Waals surface area (Å²) in [6, 6.07) is 2.73. The molecule has 0 aliphatic carbocycles. The Hall–Kier alpha value is -3.49. The van der Waals surface area contributed by atoms with E-state index in [1.807, 2.05) is 13.0 Å². The Balaban J connectivity index is 1.47. The van der Waals surface area contributed by atoms with Crippen molar-refractivity contribution in [3.05, 3.63) is 58.9 Å². The van der Waals surface area contributed by atoms with Crippen LogP contribution in [0.1, 0.15) is 40.0 Å². The van der Waals surface area contributed by atoms with Crippen LogP contribution in [0.15, 0.2) is 35.8 Å². The number of carbonyl (C=O) groups excluding carboxylic acids is 2. The first-order valence-electron chi connectivity index (χ1n) is 9.27. The summed E-state index contributed by atoms with van der Waals surface area (Å²) in [5.74, 6) is -2.10. The van der Waals surface area contributed by atoms with Gasteiger partial charge in [0.1, 0.15) is 0 Å². The molecule has 29 heavy (non-hydrogen) atoms. The fourth-order valence-electron chi connectivity index (χ4n) is 3.61. The van der Waals surface area contributed by atoms with E-state index in [4.69, 9.17) is 10.6 Å². The van der Waals surface area contributed by atoms with Crippen molar-refractivity contribution in [3.63, 3.8) is 0 Å². The second kappa shape index (κ2) is 7.50. The summed E-state index contributed by atoms with van der Waals surface area (Å²) in [6.45, 7) is 2.05. The third-order valence-electron chi connectivity index (χ3n) is 5.19. The minimum Gasteiger partial charge on any atom is -0.379 e. The Morgan fingerprint density at radius 1 is 1.41 bits per heavy atom. The van der Waals surface area contributed by atoms with E-state index in [0.29, 0.717) is 24.1 Å². The van der Waals surface area contributed by atoms with E-state index in [9.17, 15) is 14.0 Å². The molecule has 4 heterocycles. The number of aryl methyl sites for hydroxylation is 1. The molecule has 2 atom stereocenters. The predicted molar refractivity (Wildman–Crippen MR) is 103 cm³/mol. The Morgan fingerprint density at radius 2 is 2.24 bits per heavy atom. The van der Waals surface area contributed by atoms with Crippen molar-refractivity contribution in [1.29, 1.82) is 0 Å². The maximum absolute atomic E-state index is 13.5. The zero-order valence-electron chi connectivity index (χ0n) is 15.8. The van der Waals surface area contributed by atoms with Gasteiger partial charge in [-0.25, -0.2) is 9.78 Å². The zero-order chi connectivity index (χ0) is 20.5. The molecule has 0 saturated carbocycles. The van der Waals surface area contributed by atoms with Crippen LogP contribution in [0.4, 0.5) is 4.39 Å². The number of H-pyrrole nitrogens is 1. The molecule has 4 rings (SSSR count). The molecular formula is C20H20FN5O3. The molecule has 3 N–H and O–H groups in total. The molecule has 2 aliphatic heterocycles. The van der Waals surface area contributed by atoms with Gasteiger partial charge in [0.2, 0.25) is 5.95 Å². The molecule has 2 aromatic rings. The largest absolute Gasteiger partial charge is 0.379 e. The van der Waals surface area contributed by atoms with Crippen LogP contribution >= 0.6 is 0 Å².